The van der Waals surface area contributed by atoms with Crippen molar-refractivity contribution in [3.63, 3.8) is 0 Å². The van der Waals surface area contributed by atoms with Gasteiger partial charge in [-0.15, -0.1) is 0 Å². The van der Waals surface area contributed by atoms with Crippen LogP contribution in [-0.2, 0) is 14.8 Å². The number of aliphatic hydroxyl groups excluding tert-OH is 1. The summed E-state index contributed by atoms with van der Waals surface area (Å²) in [6.07, 6.45) is 4.62. The van der Waals surface area contributed by atoms with Gasteiger partial charge in [0.15, 0.2) is 0 Å². The number of rotatable bonds is 7. The Morgan fingerprint density at radius 1 is 1.02 bits per heavy atom. The van der Waals surface area contributed by atoms with Crippen molar-refractivity contribution in [2.24, 2.45) is 11.8 Å². The highest BCUT2D eigenvalue weighted by atomic mass is 32.2. The number of hydrogen-bond acceptors (Lipinski definition) is 6. The maximum absolute atomic E-state index is 13.8. The monoisotopic (exact) mass is 585 g/mol. The van der Waals surface area contributed by atoms with Gasteiger partial charge in [-0.25, -0.2) is 8.42 Å². The standard InChI is InChI=1S/C31H43N3O6S/c1-21-18-34(22(2)20-35)41(38,39)29-16-15-26(23-11-13-25(14-12-23)30(36)32(3)4)17-27(29)40-28(21)19-33(5)31(37)24-9-7-6-8-10-24/h11-17,21-22,24,28,35H,6-10,18-20H2,1-5H3/t21-,22-,28+/m0/s1. The molecule has 0 bridgehead atoms. The molecule has 9 nitrogen and oxygen atoms in total. The summed E-state index contributed by atoms with van der Waals surface area (Å²) in [5.41, 5.74) is 2.10. The highest BCUT2D eigenvalue weighted by Crippen LogP contribution is 2.37. The molecule has 0 aromatic heterocycles. The van der Waals surface area contributed by atoms with Gasteiger partial charge in [0.1, 0.15) is 16.7 Å². The zero-order chi connectivity index (χ0) is 29.9. The van der Waals surface area contributed by atoms with E-state index in [1.807, 2.05) is 19.1 Å². The summed E-state index contributed by atoms with van der Waals surface area (Å²) in [7, 11) is 1.21. The van der Waals surface area contributed by atoms with Crippen molar-refractivity contribution in [1.29, 1.82) is 0 Å². The lowest BCUT2D eigenvalue weighted by molar-refractivity contribution is -0.136. The fraction of sp³-hybridized carbons (Fsp3) is 0.548. The van der Waals surface area contributed by atoms with Crippen molar-refractivity contribution < 1.29 is 27.9 Å². The van der Waals surface area contributed by atoms with Crippen LogP contribution < -0.4 is 4.74 Å². The minimum atomic E-state index is -3.98. The molecule has 4 rings (SSSR count). The number of nitrogens with zero attached hydrogens (tertiary/aromatic N) is 3. The summed E-state index contributed by atoms with van der Waals surface area (Å²) in [5.74, 6) is -0.0251. The second-order valence-electron chi connectivity index (χ2n) is 11.7. The van der Waals surface area contributed by atoms with Crippen LogP contribution in [0.4, 0.5) is 0 Å². The molecule has 3 atom stereocenters. The first-order valence-corrected chi connectivity index (χ1v) is 15.9. The van der Waals surface area contributed by atoms with Gasteiger partial charge >= 0.3 is 0 Å². The van der Waals surface area contributed by atoms with E-state index < -0.39 is 22.2 Å². The Labute approximate surface area is 244 Å². The van der Waals surface area contributed by atoms with Crippen molar-refractivity contribution in [3.05, 3.63) is 48.0 Å². The SMILES string of the molecule is C[C@H]1CN([C@@H](C)CO)S(=O)(=O)c2ccc(-c3ccc(C(=O)N(C)C)cc3)cc2O[C@@H]1CN(C)C(=O)C1CCCCC1. The molecule has 2 amide bonds. The minimum Gasteiger partial charge on any atom is -0.487 e. The number of aliphatic hydroxyl groups is 1. The molecule has 0 saturated heterocycles. The molecule has 2 aliphatic rings. The van der Waals surface area contributed by atoms with Crippen LogP contribution in [0.1, 0.15) is 56.3 Å². The highest BCUT2D eigenvalue weighted by Gasteiger charge is 2.39. The molecule has 1 fully saturated rings. The molecular formula is C31H43N3O6S. The molecular weight excluding hydrogens is 542 g/mol. The molecule has 0 unspecified atom stereocenters. The molecule has 0 radical (unpaired) electrons. The van der Waals surface area contributed by atoms with Crippen LogP contribution in [0, 0.1) is 11.8 Å². The maximum Gasteiger partial charge on any atom is 0.253 e. The Hall–Kier alpha value is -2.95. The zero-order valence-corrected chi connectivity index (χ0v) is 25.6. The molecule has 1 aliphatic heterocycles. The summed E-state index contributed by atoms with van der Waals surface area (Å²) in [4.78, 5) is 28.9. The van der Waals surface area contributed by atoms with Crippen molar-refractivity contribution in [2.45, 2.75) is 63.0 Å². The first kappa shape index (κ1) is 31.0. The van der Waals surface area contributed by atoms with E-state index in [4.69, 9.17) is 4.74 Å². The van der Waals surface area contributed by atoms with E-state index in [-0.39, 0.29) is 47.4 Å². The average Bonchev–Trinajstić information content (AvgIpc) is 2.97. The van der Waals surface area contributed by atoms with Crippen LogP contribution >= 0.6 is 0 Å². The van der Waals surface area contributed by atoms with E-state index in [0.29, 0.717) is 12.1 Å². The predicted octanol–water partition coefficient (Wildman–Crippen LogP) is 3.86. The Morgan fingerprint density at radius 2 is 1.66 bits per heavy atom. The summed E-state index contributed by atoms with van der Waals surface area (Å²) in [5, 5.41) is 9.92. The molecule has 2 aromatic carbocycles. The third kappa shape index (κ3) is 6.76. The summed E-state index contributed by atoms with van der Waals surface area (Å²) >= 11 is 0. The number of fused-ring (bicyclic) bond motifs is 1. The van der Waals surface area contributed by atoms with E-state index in [9.17, 15) is 23.1 Å². The van der Waals surface area contributed by atoms with Crippen LogP contribution in [0.2, 0.25) is 0 Å². The van der Waals surface area contributed by atoms with Crippen LogP contribution in [0.15, 0.2) is 47.4 Å². The van der Waals surface area contributed by atoms with Gasteiger partial charge in [0.05, 0.1) is 13.2 Å². The van der Waals surface area contributed by atoms with Crippen molar-refractivity contribution >= 4 is 21.8 Å². The lowest BCUT2D eigenvalue weighted by atomic mass is 9.88. The zero-order valence-electron chi connectivity index (χ0n) is 24.7. The van der Waals surface area contributed by atoms with Crippen molar-refractivity contribution in [1.82, 2.24) is 14.1 Å². The van der Waals surface area contributed by atoms with Gasteiger partial charge in [0, 0.05) is 51.1 Å². The Morgan fingerprint density at radius 3 is 2.27 bits per heavy atom. The molecule has 10 heteroatoms. The number of carbonyl (C=O) groups is 2. The van der Waals surface area contributed by atoms with Gasteiger partial charge in [0.25, 0.3) is 5.91 Å². The lowest BCUT2D eigenvalue weighted by Crippen LogP contribution is -2.50. The van der Waals surface area contributed by atoms with E-state index in [1.165, 1.54) is 9.21 Å². The third-order valence-corrected chi connectivity index (χ3v) is 10.3. The number of carbonyl (C=O) groups excluding carboxylic acids is 2. The minimum absolute atomic E-state index is 0.0186. The van der Waals surface area contributed by atoms with Crippen LogP contribution in [-0.4, -0.2) is 92.4 Å². The molecule has 1 N–H and O–H groups in total. The first-order chi connectivity index (χ1) is 19.4. The quantitative estimate of drug-likeness (QED) is 0.529. The average molecular weight is 586 g/mol. The Bertz CT molecular complexity index is 1340. The second kappa shape index (κ2) is 12.9. The largest absolute Gasteiger partial charge is 0.487 e. The molecule has 41 heavy (non-hydrogen) atoms. The smallest absolute Gasteiger partial charge is 0.253 e. The molecule has 1 heterocycles. The summed E-state index contributed by atoms with van der Waals surface area (Å²) in [6, 6.07) is 11.5. The Kier molecular flexibility index (Phi) is 9.77. The number of hydrogen-bond donors (Lipinski definition) is 1. The van der Waals surface area contributed by atoms with Gasteiger partial charge in [0.2, 0.25) is 15.9 Å². The van der Waals surface area contributed by atoms with E-state index in [1.54, 1.807) is 63.3 Å². The highest BCUT2D eigenvalue weighted by molar-refractivity contribution is 7.89. The fourth-order valence-corrected chi connectivity index (χ4v) is 7.53. The molecule has 224 valence electrons. The Balaban J connectivity index is 1.70. The number of amides is 2. The maximum atomic E-state index is 13.8. The van der Waals surface area contributed by atoms with Gasteiger partial charge < -0.3 is 19.6 Å². The van der Waals surface area contributed by atoms with Crippen LogP contribution in [0.25, 0.3) is 11.1 Å². The lowest BCUT2D eigenvalue weighted by Gasteiger charge is -2.38. The number of ether oxygens (including phenoxy) is 1. The molecule has 1 saturated carbocycles. The third-order valence-electron chi connectivity index (χ3n) is 8.32. The van der Waals surface area contributed by atoms with Crippen LogP contribution in [0.5, 0.6) is 5.75 Å². The van der Waals surface area contributed by atoms with Crippen LogP contribution in [0.3, 0.4) is 0 Å². The van der Waals surface area contributed by atoms with Gasteiger partial charge in [-0.3, -0.25) is 9.59 Å². The van der Waals surface area contributed by atoms with Crippen molar-refractivity contribution in [2.75, 3.05) is 40.8 Å². The topological polar surface area (TPSA) is 107 Å². The number of sulfonamides is 1. The normalized spacial score (nSPS) is 22.0. The fourth-order valence-electron chi connectivity index (χ4n) is 5.71. The van der Waals surface area contributed by atoms with E-state index >= 15 is 0 Å². The number of benzene rings is 2. The molecule has 2 aromatic rings. The second-order valence-corrected chi connectivity index (χ2v) is 13.6. The molecule has 0 spiro atoms. The van der Waals surface area contributed by atoms with Crippen molar-refractivity contribution in [3.8, 4) is 16.9 Å². The first-order valence-electron chi connectivity index (χ1n) is 14.4. The summed E-state index contributed by atoms with van der Waals surface area (Å²) in [6.45, 7) is 3.77. The van der Waals surface area contributed by atoms with Gasteiger partial charge in [-0.2, -0.15) is 4.31 Å². The number of likely N-dealkylation sites (N-methyl/N-ethyl adjacent to an activating group) is 1. The summed E-state index contributed by atoms with van der Waals surface area (Å²) < 4.78 is 35.5. The van der Waals surface area contributed by atoms with E-state index in [2.05, 4.69) is 0 Å². The van der Waals surface area contributed by atoms with Gasteiger partial charge in [-0.05, 0) is 55.2 Å². The van der Waals surface area contributed by atoms with E-state index in [0.717, 1.165) is 43.2 Å². The predicted molar refractivity (Wildman–Crippen MR) is 158 cm³/mol. The van der Waals surface area contributed by atoms with Gasteiger partial charge in [-0.1, -0.05) is 44.4 Å². The molecule has 1 aliphatic carbocycles.